The van der Waals surface area contributed by atoms with Gasteiger partial charge in [0.15, 0.2) is 6.10 Å². The Hall–Kier alpha value is -2.82. The third kappa shape index (κ3) is 5.12. The summed E-state index contributed by atoms with van der Waals surface area (Å²) < 4.78 is 5.68. The van der Waals surface area contributed by atoms with Crippen LogP contribution in [0.4, 0.5) is 5.69 Å². The number of anilines is 1. The van der Waals surface area contributed by atoms with E-state index < -0.39 is 6.10 Å². The van der Waals surface area contributed by atoms with E-state index in [1.165, 1.54) is 0 Å². The van der Waals surface area contributed by atoms with E-state index in [2.05, 4.69) is 12.2 Å². The largest absolute Gasteiger partial charge is 0.481 e. The number of carbonyl (C=O) groups excluding carboxylic acids is 2. The fraction of sp³-hybridized carbons (Fsp3) is 0.391. The van der Waals surface area contributed by atoms with Crippen molar-refractivity contribution in [3.05, 3.63) is 59.7 Å². The second-order valence-electron chi connectivity index (χ2n) is 7.61. The van der Waals surface area contributed by atoms with E-state index in [4.69, 9.17) is 4.74 Å². The molecular weight excluding hydrogens is 352 g/mol. The number of likely N-dealkylation sites (tertiary alicyclic amines) is 1. The lowest BCUT2D eigenvalue weighted by Gasteiger charge is -2.30. The molecule has 2 amide bonds. The Morgan fingerprint density at radius 2 is 1.64 bits per heavy atom. The number of ether oxygens (including phenoxy) is 1. The zero-order valence-electron chi connectivity index (χ0n) is 16.8. The van der Waals surface area contributed by atoms with Gasteiger partial charge in [0.1, 0.15) is 5.75 Å². The van der Waals surface area contributed by atoms with Gasteiger partial charge in [-0.2, -0.15) is 0 Å². The van der Waals surface area contributed by atoms with Gasteiger partial charge in [-0.1, -0.05) is 24.6 Å². The first-order valence-corrected chi connectivity index (χ1v) is 9.86. The van der Waals surface area contributed by atoms with Gasteiger partial charge in [0.25, 0.3) is 11.8 Å². The number of piperidine rings is 1. The molecule has 0 spiro atoms. The highest BCUT2D eigenvalue weighted by Crippen LogP contribution is 2.19. The molecule has 1 aliphatic heterocycles. The maximum absolute atomic E-state index is 12.6. The molecular formula is C23H28N2O3. The van der Waals surface area contributed by atoms with Crippen LogP contribution in [0.1, 0.15) is 42.6 Å². The summed E-state index contributed by atoms with van der Waals surface area (Å²) in [5.41, 5.74) is 2.43. The van der Waals surface area contributed by atoms with E-state index in [-0.39, 0.29) is 11.8 Å². The summed E-state index contributed by atoms with van der Waals surface area (Å²) in [5.74, 6) is 1.17. The van der Waals surface area contributed by atoms with E-state index in [0.717, 1.165) is 31.5 Å². The normalized spacial score (nSPS) is 15.8. The summed E-state index contributed by atoms with van der Waals surface area (Å²) in [4.78, 5) is 26.9. The lowest BCUT2D eigenvalue weighted by molar-refractivity contribution is -0.122. The van der Waals surface area contributed by atoms with Crippen LogP contribution >= 0.6 is 0 Å². The third-order valence-electron chi connectivity index (χ3n) is 5.17. The third-order valence-corrected chi connectivity index (χ3v) is 5.17. The van der Waals surface area contributed by atoms with Crippen molar-refractivity contribution in [2.45, 2.75) is 39.7 Å². The smallest absolute Gasteiger partial charge is 0.265 e. The molecule has 28 heavy (non-hydrogen) atoms. The van der Waals surface area contributed by atoms with Gasteiger partial charge in [0.2, 0.25) is 0 Å². The number of hydrogen-bond acceptors (Lipinski definition) is 3. The molecule has 1 heterocycles. The number of nitrogens with one attached hydrogen (secondary N) is 1. The molecule has 0 saturated carbocycles. The number of amides is 2. The van der Waals surface area contributed by atoms with Crippen molar-refractivity contribution in [1.29, 1.82) is 0 Å². The summed E-state index contributed by atoms with van der Waals surface area (Å²) in [5, 5.41) is 2.84. The number of carbonyl (C=O) groups is 2. The summed E-state index contributed by atoms with van der Waals surface area (Å²) >= 11 is 0. The van der Waals surface area contributed by atoms with Crippen molar-refractivity contribution in [3.63, 3.8) is 0 Å². The quantitative estimate of drug-likeness (QED) is 0.843. The maximum Gasteiger partial charge on any atom is 0.265 e. The molecule has 1 atom stereocenters. The average Bonchev–Trinajstić information content (AvgIpc) is 2.70. The van der Waals surface area contributed by atoms with E-state index >= 15 is 0 Å². The van der Waals surface area contributed by atoms with Crippen LogP contribution in [0, 0.1) is 12.8 Å². The first kappa shape index (κ1) is 19.9. The zero-order valence-corrected chi connectivity index (χ0v) is 16.8. The highest BCUT2D eigenvalue weighted by atomic mass is 16.5. The van der Waals surface area contributed by atoms with Gasteiger partial charge in [0.05, 0.1) is 0 Å². The molecule has 0 aromatic heterocycles. The molecule has 0 bridgehead atoms. The van der Waals surface area contributed by atoms with Crippen LogP contribution in [0.15, 0.2) is 48.5 Å². The van der Waals surface area contributed by atoms with Crippen molar-refractivity contribution in [2.75, 3.05) is 18.4 Å². The molecule has 1 fully saturated rings. The van der Waals surface area contributed by atoms with Gasteiger partial charge >= 0.3 is 0 Å². The minimum absolute atomic E-state index is 0.0563. The molecule has 3 rings (SSSR count). The Balaban J connectivity index is 1.55. The molecule has 0 aliphatic carbocycles. The maximum atomic E-state index is 12.6. The summed E-state index contributed by atoms with van der Waals surface area (Å²) in [7, 11) is 0. The second-order valence-corrected chi connectivity index (χ2v) is 7.61. The van der Waals surface area contributed by atoms with Gasteiger partial charge < -0.3 is 15.0 Å². The SMILES string of the molecule is Cc1ccc(OC(C)C(=O)Nc2ccc(C(=O)N3CCC(C)CC3)cc2)cc1. The van der Waals surface area contributed by atoms with Crippen LogP contribution in [-0.4, -0.2) is 35.9 Å². The number of benzene rings is 2. The number of hydrogen-bond donors (Lipinski definition) is 1. The van der Waals surface area contributed by atoms with E-state index in [9.17, 15) is 9.59 Å². The predicted molar refractivity (Wildman–Crippen MR) is 111 cm³/mol. The molecule has 148 valence electrons. The fourth-order valence-corrected chi connectivity index (χ4v) is 3.21. The van der Waals surface area contributed by atoms with Gasteiger partial charge in [-0.15, -0.1) is 0 Å². The van der Waals surface area contributed by atoms with Crippen LogP contribution in [0.2, 0.25) is 0 Å². The highest BCUT2D eigenvalue weighted by Gasteiger charge is 2.21. The Morgan fingerprint density at radius 1 is 1.04 bits per heavy atom. The zero-order chi connectivity index (χ0) is 20.1. The van der Waals surface area contributed by atoms with E-state index in [0.29, 0.717) is 22.9 Å². The van der Waals surface area contributed by atoms with Crippen molar-refractivity contribution in [3.8, 4) is 5.75 Å². The molecule has 1 N–H and O–H groups in total. The van der Waals surface area contributed by atoms with Gasteiger partial charge in [-0.05, 0) is 69.0 Å². The van der Waals surface area contributed by atoms with E-state index in [1.807, 2.05) is 36.1 Å². The lowest BCUT2D eigenvalue weighted by atomic mass is 9.98. The van der Waals surface area contributed by atoms with Crippen molar-refractivity contribution in [1.82, 2.24) is 4.90 Å². The molecule has 0 radical (unpaired) electrons. The van der Waals surface area contributed by atoms with Crippen molar-refractivity contribution >= 4 is 17.5 Å². The topological polar surface area (TPSA) is 58.6 Å². The highest BCUT2D eigenvalue weighted by molar-refractivity contribution is 5.96. The lowest BCUT2D eigenvalue weighted by Crippen LogP contribution is -2.37. The first-order valence-electron chi connectivity index (χ1n) is 9.86. The summed E-state index contributed by atoms with van der Waals surface area (Å²) in [6, 6.07) is 14.6. The first-order chi connectivity index (χ1) is 13.4. The average molecular weight is 380 g/mol. The summed E-state index contributed by atoms with van der Waals surface area (Å²) in [6.45, 7) is 7.56. The monoisotopic (exact) mass is 380 g/mol. The van der Waals surface area contributed by atoms with Crippen LogP contribution in [0.3, 0.4) is 0 Å². The summed E-state index contributed by atoms with van der Waals surface area (Å²) in [6.07, 6.45) is 1.48. The predicted octanol–water partition coefficient (Wildman–Crippen LogP) is 4.27. The van der Waals surface area contributed by atoms with Crippen molar-refractivity contribution in [2.24, 2.45) is 5.92 Å². The van der Waals surface area contributed by atoms with Crippen LogP contribution in [0.25, 0.3) is 0 Å². The molecule has 1 saturated heterocycles. The second kappa shape index (κ2) is 8.91. The van der Waals surface area contributed by atoms with Gasteiger partial charge in [0, 0.05) is 24.3 Å². The Kier molecular flexibility index (Phi) is 6.34. The molecule has 5 nitrogen and oxygen atoms in total. The standard InChI is InChI=1S/C23H28N2O3/c1-16-4-10-21(11-5-16)28-18(3)22(26)24-20-8-6-19(7-9-20)23(27)25-14-12-17(2)13-15-25/h4-11,17-18H,12-15H2,1-3H3,(H,24,26). The number of nitrogens with zero attached hydrogens (tertiary/aromatic N) is 1. The van der Waals surface area contributed by atoms with Crippen LogP contribution in [-0.2, 0) is 4.79 Å². The molecule has 2 aromatic rings. The minimum Gasteiger partial charge on any atom is -0.481 e. The molecule has 1 unspecified atom stereocenters. The molecule has 1 aliphatic rings. The number of rotatable bonds is 5. The van der Waals surface area contributed by atoms with Gasteiger partial charge in [-0.25, -0.2) is 0 Å². The van der Waals surface area contributed by atoms with Crippen LogP contribution < -0.4 is 10.1 Å². The van der Waals surface area contributed by atoms with Crippen molar-refractivity contribution < 1.29 is 14.3 Å². The van der Waals surface area contributed by atoms with Crippen LogP contribution in [0.5, 0.6) is 5.75 Å². The van der Waals surface area contributed by atoms with E-state index in [1.54, 1.807) is 31.2 Å². The Labute approximate surface area is 166 Å². The molecule has 5 heteroatoms. The van der Waals surface area contributed by atoms with Gasteiger partial charge in [-0.3, -0.25) is 9.59 Å². The fourth-order valence-electron chi connectivity index (χ4n) is 3.21. The number of aryl methyl sites for hydroxylation is 1. The Morgan fingerprint density at radius 3 is 2.25 bits per heavy atom. The molecule has 2 aromatic carbocycles. The Bertz CT molecular complexity index is 807. The minimum atomic E-state index is -0.626.